The van der Waals surface area contributed by atoms with Gasteiger partial charge in [-0.2, -0.15) is 0 Å². The van der Waals surface area contributed by atoms with Crippen molar-refractivity contribution in [2.45, 2.75) is 17.0 Å². The molecule has 2 heterocycles. The Bertz CT molecular complexity index is 1580. The van der Waals surface area contributed by atoms with Gasteiger partial charge in [-0.25, -0.2) is 4.90 Å². The van der Waals surface area contributed by atoms with Gasteiger partial charge in [0.05, 0.1) is 15.5 Å². The number of hydrogen-bond donors (Lipinski definition) is 0. The molecule has 1 aliphatic rings. The fourth-order valence-corrected chi connectivity index (χ4v) is 4.83. The van der Waals surface area contributed by atoms with Gasteiger partial charge in [0.25, 0.3) is 17.5 Å². The second-order valence-electron chi connectivity index (χ2n) is 8.20. The van der Waals surface area contributed by atoms with Crippen molar-refractivity contribution in [3.63, 3.8) is 0 Å². The first-order chi connectivity index (χ1) is 17.3. The summed E-state index contributed by atoms with van der Waals surface area (Å²) in [6.07, 6.45) is 3.10. The minimum Gasteiger partial charge on any atom is -0.311 e. The maximum atomic E-state index is 13.6. The van der Waals surface area contributed by atoms with Crippen LogP contribution >= 0.6 is 11.8 Å². The third-order valence-corrected chi connectivity index (χ3v) is 6.82. The third kappa shape index (κ3) is 4.18. The molecule has 1 aromatic heterocycles. The Balaban J connectivity index is 1.61. The maximum Gasteiger partial charge on any atom is 0.283 e. The van der Waals surface area contributed by atoms with Gasteiger partial charge in [0, 0.05) is 24.3 Å². The summed E-state index contributed by atoms with van der Waals surface area (Å²) in [4.78, 5) is 39.8. The summed E-state index contributed by atoms with van der Waals surface area (Å²) >= 11 is 1.13. The smallest absolute Gasteiger partial charge is 0.283 e. The molecule has 0 radical (unpaired) electrons. The van der Waals surface area contributed by atoms with Gasteiger partial charge < -0.3 is 4.57 Å². The van der Waals surface area contributed by atoms with E-state index in [0.29, 0.717) is 32.4 Å². The number of nitrogens with zero attached hydrogens (tertiary/aromatic N) is 5. The first-order valence-electron chi connectivity index (χ1n) is 10.9. The van der Waals surface area contributed by atoms with Crippen LogP contribution in [0.2, 0.25) is 0 Å². The number of nitro benzene ring substituents is 1. The van der Waals surface area contributed by atoms with E-state index >= 15 is 0 Å². The summed E-state index contributed by atoms with van der Waals surface area (Å²) in [7, 11) is 1.75. The van der Waals surface area contributed by atoms with E-state index in [-0.39, 0.29) is 11.3 Å². The molecule has 178 valence electrons. The molecule has 9 nitrogen and oxygen atoms in total. The average molecular weight is 498 g/mol. The predicted octanol–water partition coefficient (Wildman–Crippen LogP) is 4.91. The lowest BCUT2D eigenvalue weighted by Gasteiger charge is -2.29. The Morgan fingerprint density at radius 2 is 1.75 bits per heavy atom. The van der Waals surface area contributed by atoms with Crippen LogP contribution in [-0.2, 0) is 11.8 Å². The summed E-state index contributed by atoms with van der Waals surface area (Å²) < 4.78 is 1.67. The minimum atomic E-state index is -0.496. The summed E-state index contributed by atoms with van der Waals surface area (Å²) in [6.45, 7) is 1.88. The maximum absolute atomic E-state index is 13.6. The first kappa shape index (κ1) is 23.2. The lowest BCUT2D eigenvalue weighted by Crippen LogP contribution is -2.41. The molecule has 5 rings (SSSR count). The molecule has 0 aliphatic carbocycles. The molecule has 3 aromatic carbocycles. The highest BCUT2D eigenvalue weighted by Gasteiger charge is 2.35. The molecular weight excluding hydrogens is 478 g/mol. The monoisotopic (exact) mass is 497 g/mol. The quantitative estimate of drug-likeness (QED) is 0.167. The SMILES string of the molecule is Cc1cccc(N2C(=O)/C(=C/c3ccc(Sc4nncn4C)c([N+](=O)[O-])c3)c3ccccc3C2=O)c1. The molecule has 0 saturated carbocycles. The van der Waals surface area contributed by atoms with Crippen LogP contribution < -0.4 is 4.90 Å². The average Bonchev–Trinajstić information content (AvgIpc) is 3.26. The Labute approximate surface area is 210 Å². The van der Waals surface area contributed by atoms with Gasteiger partial charge in [-0.05, 0) is 65.7 Å². The third-order valence-electron chi connectivity index (χ3n) is 5.71. The topological polar surface area (TPSA) is 111 Å². The number of anilines is 1. The molecule has 36 heavy (non-hydrogen) atoms. The van der Waals surface area contributed by atoms with Gasteiger partial charge in [0.15, 0.2) is 5.16 Å². The number of aryl methyl sites for hydroxylation is 2. The molecule has 0 saturated heterocycles. The highest BCUT2D eigenvalue weighted by molar-refractivity contribution is 7.99. The number of aromatic nitrogens is 3. The largest absolute Gasteiger partial charge is 0.311 e. The van der Waals surface area contributed by atoms with Crippen molar-refractivity contribution in [3.05, 3.63) is 105 Å². The number of hydrogen-bond acceptors (Lipinski definition) is 7. The molecule has 2 amide bonds. The van der Waals surface area contributed by atoms with E-state index < -0.39 is 16.7 Å². The van der Waals surface area contributed by atoms with Crippen molar-refractivity contribution in [2.75, 3.05) is 4.90 Å². The Morgan fingerprint density at radius 1 is 0.972 bits per heavy atom. The highest BCUT2D eigenvalue weighted by atomic mass is 32.2. The van der Waals surface area contributed by atoms with Crippen molar-refractivity contribution in [3.8, 4) is 0 Å². The van der Waals surface area contributed by atoms with Gasteiger partial charge in [0.1, 0.15) is 6.33 Å². The number of rotatable bonds is 5. The van der Waals surface area contributed by atoms with E-state index in [0.717, 1.165) is 22.2 Å². The fourth-order valence-electron chi connectivity index (χ4n) is 3.98. The number of benzene rings is 3. The zero-order valence-corrected chi connectivity index (χ0v) is 20.1. The summed E-state index contributed by atoms with van der Waals surface area (Å²) in [5, 5.41) is 20.1. The molecule has 0 unspecified atom stereocenters. The van der Waals surface area contributed by atoms with Gasteiger partial charge in [-0.1, -0.05) is 36.4 Å². The van der Waals surface area contributed by atoms with Crippen LogP contribution in [0.1, 0.15) is 27.0 Å². The molecule has 0 bridgehead atoms. The van der Waals surface area contributed by atoms with Crippen LogP contribution in [-0.4, -0.2) is 31.5 Å². The second-order valence-corrected chi connectivity index (χ2v) is 9.21. The number of fused-ring (bicyclic) bond motifs is 1. The molecule has 4 aromatic rings. The molecule has 1 aliphatic heterocycles. The van der Waals surface area contributed by atoms with Gasteiger partial charge in [-0.3, -0.25) is 19.7 Å². The van der Waals surface area contributed by atoms with E-state index in [1.807, 2.05) is 13.0 Å². The summed E-state index contributed by atoms with van der Waals surface area (Å²) in [6, 6.07) is 18.7. The first-order valence-corrected chi connectivity index (χ1v) is 11.7. The number of amides is 2. The van der Waals surface area contributed by atoms with E-state index in [2.05, 4.69) is 10.2 Å². The number of imide groups is 1. The van der Waals surface area contributed by atoms with Crippen molar-refractivity contribution in [1.29, 1.82) is 0 Å². The van der Waals surface area contributed by atoms with E-state index in [4.69, 9.17) is 0 Å². The normalized spacial score (nSPS) is 14.3. The van der Waals surface area contributed by atoms with Gasteiger partial charge in [-0.15, -0.1) is 10.2 Å². The van der Waals surface area contributed by atoms with E-state index in [1.165, 1.54) is 12.4 Å². The summed E-state index contributed by atoms with van der Waals surface area (Å²) in [5.41, 5.74) is 2.84. The Hall–Kier alpha value is -4.57. The van der Waals surface area contributed by atoms with Crippen LogP contribution in [0.15, 0.2) is 83.1 Å². The van der Waals surface area contributed by atoms with Crippen molar-refractivity contribution in [1.82, 2.24) is 14.8 Å². The van der Waals surface area contributed by atoms with Crippen LogP contribution in [0.25, 0.3) is 11.6 Å². The number of carbonyl (C=O) groups is 2. The van der Waals surface area contributed by atoms with Crippen LogP contribution in [0, 0.1) is 17.0 Å². The van der Waals surface area contributed by atoms with E-state index in [1.54, 1.807) is 72.3 Å². The zero-order chi connectivity index (χ0) is 25.4. The summed E-state index contributed by atoms with van der Waals surface area (Å²) in [5.74, 6) is -0.913. The van der Waals surface area contributed by atoms with Crippen molar-refractivity contribution in [2.24, 2.45) is 7.05 Å². The lowest BCUT2D eigenvalue weighted by atomic mass is 9.91. The van der Waals surface area contributed by atoms with Crippen molar-refractivity contribution < 1.29 is 14.5 Å². The molecule has 0 atom stereocenters. The van der Waals surface area contributed by atoms with Crippen LogP contribution in [0.3, 0.4) is 0 Å². The van der Waals surface area contributed by atoms with Crippen LogP contribution in [0.4, 0.5) is 11.4 Å². The minimum absolute atomic E-state index is 0.125. The highest BCUT2D eigenvalue weighted by Crippen LogP contribution is 2.37. The molecule has 10 heteroatoms. The molecular formula is C26H19N5O4S. The standard InChI is InChI=1S/C26H19N5O4S/c1-16-6-5-7-18(12-16)30-24(32)20-9-4-3-8-19(20)21(25(30)33)13-17-10-11-23(22(14-17)31(34)35)36-26-28-27-15-29(26)2/h3-15H,1-2H3/b21-13+. The predicted molar refractivity (Wildman–Crippen MR) is 136 cm³/mol. The second kappa shape index (κ2) is 9.23. The van der Waals surface area contributed by atoms with Gasteiger partial charge in [0.2, 0.25) is 0 Å². The van der Waals surface area contributed by atoms with Crippen LogP contribution in [0.5, 0.6) is 0 Å². The van der Waals surface area contributed by atoms with Crippen molar-refractivity contribution >= 4 is 46.6 Å². The fraction of sp³-hybridized carbons (Fsp3) is 0.0769. The lowest BCUT2D eigenvalue weighted by molar-refractivity contribution is -0.387. The number of nitro groups is 1. The Kier molecular flexibility index (Phi) is 5.95. The molecule has 0 spiro atoms. The van der Waals surface area contributed by atoms with E-state index in [9.17, 15) is 19.7 Å². The zero-order valence-electron chi connectivity index (χ0n) is 19.3. The molecule has 0 N–H and O–H groups in total. The Morgan fingerprint density at radius 3 is 2.44 bits per heavy atom. The van der Waals surface area contributed by atoms with Gasteiger partial charge >= 0.3 is 0 Å². The number of carbonyl (C=O) groups excluding carboxylic acids is 2. The molecule has 0 fully saturated rings.